The topological polar surface area (TPSA) is 75.4 Å². The summed E-state index contributed by atoms with van der Waals surface area (Å²) in [6, 6.07) is 0.259. The molecule has 0 aromatic heterocycles. The number of rotatable bonds is 6. The molecule has 5 nitrogen and oxygen atoms in total. The van der Waals surface area contributed by atoms with Crippen LogP contribution in [0.3, 0.4) is 0 Å². The van der Waals surface area contributed by atoms with Crippen LogP contribution < -0.4 is 11.1 Å². The monoisotopic (exact) mass is 309 g/mol. The first-order valence-electron chi connectivity index (χ1n) is 8.84. The third kappa shape index (κ3) is 5.59. The van der Waals surface area contributed by atoms with Crippen molar-refractivity contribution in [3.05, 3.63) is 0 Å². The minimum absolute atomic E-state index is 0.200. The van der Waals surface area contributed by atoms with Gasteiger partial charge in [0.25, 0.3) is 0 Å². The van der Waals surface area contributed by atoms with Gasteiger partial charge in [0.1, 0.15) is 0 Å². The van der Waals surface area contributed by atoms with Crippen molar-refractivity contribution in [1.29, 1.82) is 0 Å². The highest BCUT2D eigenvalue weighted by atomic mass is 16.2. The maximum atomic E-state index is 12.2. The van der Waals surface area contributed by atoms with Gasteiger partial charge in [-0.1, -0.05) is 39.0 Å². The molecule has 3 N–H and O–H groups in total. The van der Waals surface area contributed by atoms with Crippen LogP contribution in [0.5, 0.6) is 0 Å². The van der Waals surface area contributed by atoms with Gasteiger partial charge >= 0.3 is 0 Å². The van der Waals surface area contributed by atoms with Crippen molar-refractivity contribution in [1.82, 2.24) is 10.2 Å². The third-order valence-electron chi connectivity index (χ3n) is 5.29. The summed E-state index contributed by atoms with van der Waals surface area (Å²) in [5.74, 6) is 1.15. The first-order valence-corrected chi connectivity index (χ1v) is 8.84. The van der Waals surface area contributed by atoms with Gasteiger partial charge in [0.2, 0.25) is 11.8 Å². The summed E-state index contributed by atoms with van der Waals surface area (Å²) in [6.45, 7) is 4.24. The van der Waals surface area contributed by atoms with Gasteiger partial charge in [0, 0.05) is 25.6 Å². The van der Waals surface area contributed by atoms with Crippen LogP contribution in [0, 0.1) is 11.8 Å². The smallest absolute Gasteiger partial charge is 0.231 e. The lowest BCUT2D eigenvalue weighted by molar-refractivity contribution is -0.124. The van der Waals surface area contributed by atoms with Gasteiger partial charge in [-0.15, -0.1) is 0 Å². The lowest BCUT2D eigenvalue weighted by atomic mass is 9.79. The molecule has 1 aliphatic carbocycles. The molecule has 0 unspecified atom stereocenters. The standard InChI is InChI=1S/C17H31N3O2/c1-13(14-5-3-2-4-6-14)11-17(22)19-15-7-9-20(10-8-15)12-16(18)21/h13-15H,2-12H2,1H3,(H2,18,21)(H,19,22)/t13-/m1/s1. The summed E-state index contributed by atoms with van der Waals surface area (Å²) < 4.78 is 0. The predicted octanol–water partition coefficient (Wildman–Crippen LogP) is 1.66. The van der Waals surface area contributed by atoms with Crippen LogP contribution >= 0.6 is 0 Å². The van der Waals surface area contributed by atoms with Crippen molar-refractivity contribution in [3.63, 3.8) is 0 Å². The molecule has 1 aliphatic heterocycles. The van der Waals surface area contributed by atoms with E-state index in [2.05, 4.69) is 17.1 Å². The van der Waals surface area contributed by atoms with Crippen LogP contribution in [0.15, 0.2) is 0 Å². The van der Waals surface area contributed by atoms with E-state index >= 15 is 0 Å². The highest BCUT2D eigenvalue weighted by molar-refractivity contribution is 5.76. The number of hydrogen-bond donors (Lipinski definition) is 2. The summed E-state index contributed by atoms with van der Waals surface area (Å²) >= 11 is 0. The predicted molar refractivity (Wildman–Crippen MR) is 87.2 cm³/mol. The zero-order valence-corrected chi connectivity index (χ0v) is 13.9. The van der Waals surface area contributed by atoms with Gasteiger partial charge in [0.05, 0.1) is 6.54 Å². The normalized spacial score (nSPS) is 23.1. The molecule has 1 heterocycles. The van der Waals surface area contributed by atoms with E-state index in [1.165, 1.54) is 32.1 Å². The van der Waals surface area contributed by atoms with Gasteiger partial charge < -0.3 is 11.1 Å². The van der Waals surface area contributed by atoms with Crippen LogP contribution in [0.4, 0.5) is 0 Å². The van der Waals surface area contributed by atoms with Crippen molar-refractivity contribution >= 4 is 11.8 Å². The summed E-state index contributed by atoms with van der Waals surface area (Å²) in [7, 11) is 0. The Morgan fingerprint density at radius 2 is 1.77 bits per heavy atom. The Labute approximate surface area is 134 Å². The molecule has 0 bridgehead atoms. The number of likely N-dealkylation sites (tertiary alicyclic amines) is 1. The molecule has 22 heavy (non-hydrogen) atoms. The Balaban J connectivity index is 1.66. The molecule has 0 aromatic carbocycles. The lowest BCUT2D eigenvalue weighted by Gasteiger charge is -2.32. The minimum Gasteiger partial charge on any atom is -0.369 e. The van der Waals surface area contributed by atoms with Crippen LogP contribution in [0.25, 0.3) is 0 Å². The second kappa shape index (κ2) is 8.51. The molecule has 126 valence electrons. The van der Waals surface area contributed by atoms with E-state index < -0.39 is 0 Å². The average molecular weight is 309 g/mol. The van der Waals surface area contributed by atoms with Gasteiger partial charge in [-0.05, 0) is 24.7 Å². The number of nitrogens with two attached hydrogens (primary N) is 1. The average Bonchev–Trinajstić information content (AvgIpc) is 2.49. The van der Waals surface area contributed by atoms with E-state index in [-0.39, 0.29) is 17.9 Å². The quantitative estimate of drug-likeness (QED) is 0.783. The highest BCUT2D eigenvalue weighted by Gasteiger charge is 2.25. The van der Waals surface area contributed by atoms with Crippen molar-refractivity contribution in [2.24, 2.45) is 17.6 Å². The van der Waals surface area contributed by atoms with E-state index in [1.807, 2.05) is 0 Å². The second-order valence-electron chi connectivity index (χ2n) is 7.16. The number of hydrogen-bond acceptors (Lipinski definition) is 3. The van der Waals surface area contributed by atoms with Crippen molar-refractivity contribution in [2.45, 2.75) is 64.3 Å². The molecule has 2 fully saturated rings. The fraction of sp³-hybridized carbons (Fsp3) is 0.882. The number of primary amides is 1. The Hall–Kier alpha value is -1.10. The van der Waals surface area contributed by atoms with E-state index in [0.717, 1.165) is 31.8 Å². The number of carbonyl (C=O) groups is 2. The molecule has 2 rings (SSSR count). The molecule has 1 saturated heterocycles. The molecule has 2 amide bonds. The second-order valence-corrected chi connectivity index (χ2v) is 7.16. The van der Waals surface area contributed by atoms with Crippen LogP contribution in [-0.2, 0) is 9.59 Å². The lowest BCUT2D eigenvalue weighted by Crippen LogP contribution is -2.47. The Morgan fingerprint density at radius 3 is 2.36 bits per heavy atom. The fourth-order valence-corrected chi connectivity index (χ4v) is 3.90. The molecule has 0 radical (unpaired) electrons. The van der Waals surface area contributed by atoms with Crippen LogP contribution in [0.1, 0.15) is 58.3 Å². The zero-order valence-electron chi connectivity index (χ0n) is 13.9. The van der Waals surface area contributed by atoms with E-state index in [4.69, 9.17) is 5.73 Å². The number of piperidine rings is 1. The summed E-state index contributed by atoms with van der Waals surface area (Å²) in [5, 5.41) is 3.18. The number of carbonyl (C=O) groups excluding carboxylic acids is 2. The maximum absolute atomic E-state index is 12.2. The summed E-state index contributed by atoms with van der Waals surface area (Å²) in [4.78, 5) is 25.2. The van der Waals surface area contributed by atoms with Crippen molar-refractivity contribution in [3.8, 4) is 0 Å². The summed E-state index contributed by atoms with van der Waals surface area (Å²) in [5.41, 5.74) is 5.21. The fourth-order valence-electron chi connectivity index (χ4n) is 3.90. The van der Waals surface area contributed by atoms with Gasteiger partial charge in [-0.3, -0.25) is 14.5 Å². The Bertz CT molecular complexity index is 372. The number of nitrogens with zero attached hydrogens (tertiary/aromatic N) is 1. The minimum atomic E-state index is -0.274. The Kier molecular flexibility index (Phi) is 6.68. The van der Waals surface area contributed by atoms with E-state index in [0.29, 0.717) is 18.9 Å². The van der Waals surface area contributed by atoms with E-state index in [1.54, 1.807) is 0 Å². The van der Waals surface area contributed by atoms with Crippen molar-refractivity contribution in [2.75, 3.05) is 19.6 Å². The third-order valence-corrected chi connectivity index (χ3v) is 5.29. The highest BCUT2D eigenvalue weighted by Crippen LogP contribution is 2.31. The molecule has 0 aromatic rings. The molecular formula is C17H31N3O2. The van der Waals surface area contributed by atoms with Gasteiger partial charge in [-0.2, -0.15) is 0 Å². The van der Waals surface area contributed by atoms with Crippen molar-refractivity contribution < 1.29 is 9.59 Å². The Morgan fingerprint density at radius 1 is 1.14 bits per heavy atom. The largest absolute Gasteiger partial charge is 0.369 e. The van der Waals surface area contributed by atoms with E-state index in [9.17, 15) is 9.59 Å². The zero-order chi connectivity index (χ0) is 15.9. The van der Waals surface area contributed by atoms with Crippen LogP contribution in [0.2, 0.25) is 0 Å². The molecule has 5 heteroatoms. The van der Waals surface area contributed by atoms with Gasteiger partial charge in [-0.25, -0.2) is 0 Å². The molecule has 1 saturated carbocycles. The number of amides is 2. The molecule has 0 spiro atoms. The number of nitrogens with one attached hydrogen (secondary N) is 1. The first-order chi connectivity index (χ1) is 10.5. The molecule has 1 atom stereocenters. The van der Waals surface area contributed by atoms with Gasteiger partial charge in [0.15, 0.2) is 0 Å². The maximum Gasteiger partial charge on any atom is 0.231 e. The summed E-state index contributed by atoms with van der Waals surface area (Å²) in [6.07, 6.45) is 9.09. The SMILES string of the molecule is C[C@H](CC(=O)NC1CCN(CC(N)=O)CC1)C1CCCCC1. The first kappa shape index (κ1) is 17.3. The molecular weight excluding hydrogens is 278 g/mol. The molecule has 2 aliphatic rings. The van der Waals surface area contributed by atoms with Crippen LogP contribution in [-0.4, -0.2) is 42.4 Å².